The Morgan fingerprint density at radius 1 is 1.09 bits per heavy atom. The first-order valence-electron chi connectivity index (χ1n) is 4.34. The van der Waals surface area contributed by atoms with Crippen LogP contribution < -0.4 is 10.9 Å². The average Bonchev–Trinajstić information content (AvgIpc) is 2.32. The predicted octanol–water partition coefficient (Wildman–Crippen LogP) is 1.66. The third-order valence-corrected chi connectivity index (χ3v) is 2.12. The van der Waals surface area contributed by atoms with E-state index in [0.717, 1.165) is 6.54 Å². The minimum Gasteiger partial charge on any atom is -0.325 e. The molecule has 64 valence electrons. The van der Waals surface area contributed by atoms with Gasteiger partial charge in [0.1, 0.15) is 0 Å². The van der Waals surface area contributed by atoms with Crippen LogP contribution in [-0.4, -0.2) is 6.54 Å². The van der Waals surface area contributed by atoms with E-state index in [4.69, 9.17) is 0 Å². The molecule has 1 heterocycles. The standard InChI is InChI=1S/C9H18N2/c1-6(2)8-5-10-11-9(8)7(3)4/h6-7,10-11H,5H2,1-4H3. The maximum Gasteiger partial charge on any atom is 0.0381 e. The fraction of sp³-hybridized carbons (Fsp3) is 0.778. The molecule has 0 unspecified atom stereocenters. The van der Waals surface area contributed by atoms with Crippen LogP contribution >= 0.6 is 0 Å². The predicted molar refractivity (Wildman–Crippen MR) is 47.8 cm³/mol. The maximum atomic E-state index is 3.22. The molecule has 1 aliphatic heterocycles. The van der Waals surface area contributed by atoms with Gasteiger partial charge in [-0.25, -0.2) is 5.43 Å². The van der Waals surface area contributed by atoms with Gasteiger partial charge in [-0.05, 0) is 17.4 Å². The van der Waals surface area contributed by atoms with E-state index in [1.165, 1.54) is 11.3 Å². The van der Waals surface area contributed by atoms with Crippen LogP contribution in [0.3, 0.4) is 0 Å². The summed E-state index contributed by atoms with van der Waals surface area (Å²) in [4.78, 5) is 0. The molecule has 0 saturated heterocycles. The highest BCUT2D eigenvalue weighted by atomic mass is 15.4. The summed E-state index contributed by atoms with van der Waals surface area (Å²) >= 11 is 0. The second-order valence-electron chi connectivity index (χ2n) is 3.73. The van der Waals surface area contributed by atoms with Gasteiger partial charge in [0, 0.05) is 12.2 Å². The Bertz CT molecular complexity index is 150. The zero-order chi connectivity index (χ0) is 8.43. The van der Waals surface area contributed by atoms with E-state index in [1.807, 2.05) is 0 Å². The van der Waals surface area contributed by atoms with Gasteiger partial charge in [0.15, 0.2) is 0 Å². The van der Waals surface area contributed by atoms with Crippen LogP contribution in [-0.2, 0) is 0 Å². The molecule has 0 fully saturated rings. The minimum absolute atomic E-state index is 0.613. The quantitative estimate of drug-likeness (QED) is 0.632. The van der Waals surface area contributed by atoms with Gasteiger partial charge in [0.2, 0.25) is 0 Å². The van der Waals surface area contributed by atoms with Crippen molar-refractivity contribution < 1.29 is 0 Å². The van der Waals surface area contributed by atoms with Gasteiger partial charge in [-0.15, -0.1) is 0 Å². The number of hydrazine groups is 1. The van der Waals surface area contributed by atoms with E-state index in [-0.39, 0.29) is 0 Å². The van der Waals surface area contributed by atoms with Crippen LogP contribution in [0.1, 0.15) is 27.7 Å². The van der Waals surface area contributed by atoms with E-state index in [2.05, 4.69) is 38.5 Å². The Balaban J connectivity index is 2.77. The van der Waals surface area contributed by atoms with Gasteiger partial charge in [0.05, 0.1) is 0 Å². The average molecular weight is 154 g/mol. The maximum absolute atomic E-state index is 3.22. The smallest absolute Gasteiger partial charge is 0.0381 e. The van der Waals surface area contributed by atoms with Gasteiger partial charge < -0.3 is 5.43 Å². The second kappa shape index (κ2) is 3.26. The number of allylic oxidation sites excluding steroid dienone is 1. The van der Waals surface area contributed by atoms with Crippen molar-refractivity contribution in [2.45, 2.75) is 27.7 Å². The summed E-state index contributed by atoms with van der Waals surface area (Å²) < 4.78 is 0. The highest BCUT2D eigenvalue weighted by Crippen LogP contribution is 2.20. The van der Waals surface area contributed by atoms with Crippen LogP contribution in [0.4, 0.5) is 0 Å². The Kier molecular flexibility index (Phi) is 2.55. The molecule has 0 aromatic rings. The minimum atomic E-state index is 0.613. The molecule has 0 atom stereocenters. The number of nitrogens with one attached hydrogen (secondary N) is 2. The van der Waals surface area contributed by atoms with Crippen molar-refractivity contribution in [1.29, 1.82) is 0 Å². The summed E-state index contributed by atoms with van der Waals surface area (Å²) in [6, 6.07) is 0. The summed E-state index contributed by atoms with van der Waals surface area (Å²) in [5.41, 5.74) is 9.29. The number of rotatable bonds is 2. The summed E-state index contributed by atoms with van der Waals surface area (Å²) in [6.07, 6.45) is 0. The Morgan fingerprint density at radius 3 is 2.09 bits per heavy atom. The molecule has 0 aliphatic carbocycles. The van der Waals surface area contributed by atoms with Crippen LogP contribution in [0.15, 0.2) is 11.3 Å². The van der Waals surface area contributed by atoms with Crippen LogP contribution in [0.2, 0.25) is 0 Å². The van der Waals surface area contributed by atoms with Crippen molar-refractivity contribution in [2.75, 3.05) is 6.54 Å². The molecule has 2 nitrogen and oxygen atoms in total. The lowest BCUT2D eigenvalue weighted by Crippen LogP contribution is -2.25. The molecular weight excluding hydrogens is 136 g/mol. The van der Waals surface area contributed by atoms with E-state index in [9.17, 15) is 0 Å². The van der Waals surface area contributed by atoms with Crippen molar-refractivity contribution in [2.24, 2.45) is 11.8 Å². The first-order chi connectivity index (χ1) is 5.13. The summed E-state index contributed by atoms with van der Waals surface area (Å²) in [7, 11) is 0. The second-order valence-corrected chi connectivity index (χ2v) is 3.73. The van der Waals surface area contributed by atoms with Gasteiger partial charge in [0.25, 0.3) is 0 Å². The van der Waals surface area contributed by atoms with Crippen molar-refractivity contribution >= 4 is 0 Å². The van der Waals surface area contributed by atoms with Gasteiger partial charge in [-0.3, -0.25) is 0 Å². The zero-order valence-corrected chi connectivity index (χ0v) is 7.86. The lowest BCUT2D eigenvalue weighted by atomic mass is 9.97. The monoisotopic (exact) mass is 154 g/mol. The van der Waals surface area contributed by atoms with Gasteiger partial charge in [-0.2, -0.15) is 0 Å². The highest BCUT2D eigenvalue weighted by molar-refractivity contribution is 5.21. The van der Waals surface area contributed by atoms with Gasteiger partial charge >= 0.3 is 0 Å². The molecule has 0 saturated carbocycles. The third kappa shape index (κ3) is 1.74. The lowest BCUT2D eigenvalue weighted by Gasteiger charge is -2.11. The van der Waals surface area contributed by atoms with E-state index in [1.54, 1.807) is 0 Å². The molecule has 0 bridgehead atoms. The molecule has 1 rings (SSSR count). The summed E-state index contributed by atoms with van der Waals surface area (Å²) in [5.74, 6) is 1.28. The van der Waals surface area contributed by atoms with Crippen molar-refractivity contribution in [3.05, 3.63) is 11.3 Å². The topological polar surface area (TPSA) is 24.1 Å². The molecule has 0 radical (unpaired) electrons. The van der Waals surface area contributed by atoms with E-state index >= 15 is 0 Å². The molecule has 0 aromatic heterocycles. The van der Waals surface area contributed by atoms with Crippen LogP contribution in [0.25, 0.3) is 0 Å². The van der Waals surface area contributed by atoms with Crippen molar-refractivity contribution in [1.82, 2.24) is 10.9 Å². The fourth-order valence-corrected chi connectivity index (χ4v) is 1.44. The Hall–Kier alpha value is -0.500. The molecule has 2 N–H and O–H groups in total. The molecule has 11 heavy (non-hydrogen) atoms. The van der Waals surface area contributed by atoms with E-state index < -0.39 is 0 Å². The zero-order valence-electron chi connectivity index (χ0n) is 7.86. The van der Waals surface area contributed by atoms with Crippen molar-refractivity contribution in [3.63, 3.8) is 0 Å². The summed E-state index contributed by atoms with van der Waals surface area (Å²) in [5, 5.41) is 0. The first kappa shape index (κ1) is 8.60. The number of hydrogen-bond acceptors (Lipinski definition) is 2. The highest BCUT2D eigenvalue weighted by Gasteiger charge is 2.17. The molecular formula is C9H18N2. The normalized spacial score (nSPS) is 18.4. The van der Waals surface area contributed by atoms with Gasteiger partial charge in [-0.1, -0.05) is 27.7 Å². The Morgan fingerprint density at radius 2 is 1.73 bits per heavy atom. The molecule has 0 spiro atoms. The van der Waals surface area contributed by atoms with Crippen molar-refractivity contribution in [3.8, 4) is 0 Å². The first-order valence-corrected chi connectivity index (χ1v) is 4.34. The molecule has 0 amide bonds. The Labute approximate surface area is 69.0 Å². The van der Waals surface area contributed by atoms with E-state index in [0.29, 0.717) is 11.8 Å². The molecule has 1 aliphatic rings. The largest absolute Gasteiger partial charge is 0.325 e. The number of hydrogen-bond donors (Lipinski definition) is 2. The SMILES string of the molecule is CC(C)C1=C(C(C)C)NNC1. The lowest BCUT2D eigenvalue weighted by molar-refractivity contribution is 0.618. The third-order valence-electron chi connectivity index (χ3n) is 2.12. The molecule has 0 aromatic carbocycles. The summed E-state index contributed by atoms with van der Waals surface area (Å²) in [6.45, 7) is 9.93. The van der Waals surface area contributed by atoms with Crippen LogP contribution in [0.5, 0.6) is 0 Å². The van der Waals surface area contributed by atoms with Crippen LogP contribution in [0, 0.1) is 11.8 Å². The molecule has 2 heteroatoms. The fourth-order valence-electron chi connectivity index (χ4n) is 1.44.